The van der Waals surface area contributed by atoms with Crippen molar-refractivity contribution in [3.63, 3.8) is 0 Å². The molecule has 142 valence electrons. The number of aryl methyl sites for hydroxylation is 1. The van der Waals surface area contributed by atoms with Gasteiger partial charge in [0, 0.05) is 31.2 Å². The molecule has 0 radical (unpaired) electrons. The lowest BCUT2D eigenvalue weighted by Gasteiger charge is -2.33. The number of pyridine rings is 1. The van der Waals surface area contributed by atoms with Crippen LogP contribution in [0, 0.1) is 6.92 Å². The van der Waals surface area contributed by atoms with Crippen LogP contribution in [0.4, 0.5) is 14.6 Å². The number of halogens is 4. The summed E-state index contributed by atoms with van der Waals surface area (Å²) in [6, 6.07) is 5.19. The molecule has 1 amide bonds. The Morgan fingerprint density at radius 3 is 2.56 bits per heavy atom. The average Bonchev–Trinajstić information content (AvgIpc) is 2.88. The van der Waals surface area contributed by atoms with Gasteiger partial charge in [0.2, 0.25) is 5.91 Å². The van der Waals surface area contributed by atoms with Gasteiger partial charge in [-0.25, -0.2) is 13.8 Å². The molecule has 5 nitrogen and oxygen atoms in total. The second kappa shape index (κ2) is 8.96. The second-order valence-corrected chi connectivity index (χ2v) is 6.40. The molecule has 2 saturated heterocycles. The zero-order valence-electron chi connectivity index (χ0n) is 14.0. The number of carbonyl (C=O) groups is 1. The van der Waals surface area contributed by atoms with Crippen LogP contribution in [0.15, 0.2) is 18.2 Å². The SMILES string of the molecule is Cc1cccc(N2CCC(NC(=O)C3CC(F)(F)CN3)CC2)n1.Cl.Cl. The molecule has 0 saturated carbocycles. The van der Waals surface area contributed by atoms with Crippen LogP contribution in [-0.2, 0) is 4.79 Å². The van der Waals surface area contributed by atoms with Gasteiger partial charge in [0.15, 0.2) is 0 Å². The fourth-order valence-corrected chi connectivity index (χ4v) is 3.16. The van der Waals surface area contributed by atoms with Gasteiger partial charge in [0.25, 0.3) is 5.92 Å². The Morgan fingerprint density at radius 2 is 2.00 bits per heavy atom. The van der Waals surface area contributed by atoms with Crippen molar-refractivity contribution in [3.05, 3.63) is 23.9 Å². The summed E-state index contributed by atoms with van der Waals surface area (Å²) in [7, 11) is 0. The first kappa shape index (κ1) is 21.9. The van der Waals surface area contributed by atoms with E-state index in [0.717, 1.165) is 37.4 Å². The summed E-state index contributed by atoms with van der Waals surface area (Å²) in [5, 5.41) is 5.49. The topological polar surface area (TPSA) is 57.3 Å². The van der Waals surface area contributed by atoms with Crippen LogP contribution in [0.3, 0.4) is 0 Å². The fraction of sp³-hybridized carbons (Fsp3) is 0.625. The molecule has 2 aliphatic rings. The first-order valence-electron chi connectivity index (χ1n) is 8.03. The van der Waals surface area contributed by atoms with Crippen molar-refractivity contribution in [1.82, 2.24) is 15.6 Å². The fourth-order valence-electron chi connectivity index (χ4n) is 3.16. The van der Waals surface area contributed by atoms with Crippen LogP contribution in [-0.4, -0.2) is 48.5 Å². The smallest absolute Gasteiger partial charge is 0.262 e. The Labute approximate surface area is 158 Å². The van der Waals surface area contributed by atoms with E-state index in [1.54, 1.807) is 0 Å². The van der Waals surface area contributed by atoms with Gasteiger partial charge < -0.3 is 10.2 Å². The number of hydrogen-bond donors (Lipinski definition) is 2. The highest BCUT2D eigenvalue weighted by atomic mass is 35.5. The summed E-state index contributed by atoms with van der Waals surface area (Å²) in [5.74, 6) is -2.14. The number of piperidine rings is 1. The molecule has 1 unspecified atom stereocenters. The summed E-state index contributed by atoms with van der Waals surface area (Å²) in [5.41, 5.74) is 0.978. The standard InChI is InChI=1S/C16H22F2N4O.2ClH/c1-11-3-2-4-14(20-11)22-7-5-12(6-8-22)21-15(23)13-9-16(17,18)10-19-13;;/h2-4,12-13,19H,5-10H2,1H3,(H,21,23);2*1H. The molecule has 1 aromatic rings. The lowest BCUT2D eigenvalue weighted by atomic mass is 10.0. The van der Waals surface area contributed by atoms with E-state index in [2.05, 4.69) is 20.5 Å². The van der Waals surface area contributed by atoms with Gasteiger partial charge in [0.1, 0.15) is 5.82 Å². The number of rotatable bonds is 3. The highest BCUT2D eigenvalue weighted by Gasteiger charge is 2.42. The van der Waals surface area contributed by atoms with Gasteiger partial charge in [-0.15, -0.1) is 24.8 Å². The molecule has 9 heteroatoms. The summed E-state index contributed by atoms with van der Waals surface area (Å²) < 4.78 is 26.3. The molecule has 2 fully saturated rings. The molecule has 0 bridgehead atoms. The van der Waals surface area contributed by atoms with Crippen molar-refractivity contribution in [2.24, 2.45) is 0 Å². The monoisotopic (exact) mass is 396 g/mol. The summed E-state index contributed by atoms with van der Waals surface area (Å²) in [6.45, 7) is 3.15. The van der Waals surface area contributed by atoms with Crippen LogP contribution >= 0.6 is 24.8 Å². The number of aromatic nitrogens is 1. The number of hydrogen-bond acceptors (Lipinski definition) is 4. The Bertz CT molecular complexity index is 583. The normalized spacial score (nSPS) is 22.7. The van der Waals surface area contributed by atoms with E-state index in [0.29, 0.717) is 0 Å². The van der Waals surface area contributed by atoms with Gasteiger partial charge in [-0.05, 0) is 31.9 Å². The zero-order chi connectivity index (χ0) is 16.4. The molecule has 1 atom stereocenters. The Balaban J connectivity index is 0.00000156. The maximum atomic E-state index is 13.1. The van der Waals surface area contributed by atoms with E-state index in [4.69, 9.17) is 0 Å². The van der Waals surface area contributed by atoms with Crippen molar-refractivity contribution in [1.29, 1.82) is 0 Å². The third-order valence-corrected chi connectivity index (χ3v) is 4.47. The van der Waals surface area contributed by atoms with Crippen LogP contribution < -0.4 is 15.5 Å². The van der Waals surface area contributed by atoms with E-state index >= 15 is 0 Å². The van der Waals surface area contributed by atoms with Crippen molar-refractivity contribution < 1.29 is 13.6 Å². The first-order valence-corrected chi connectivity index (χ1v) is 8.03. The van der Waals surface area contributed by atoms with Crippen molar-refractivity contribution >= 4 is 36.5 Å². The van der Waals surface area contributed by atoms with Gasteiger partial charge in [0.05, 0.1) is 12.6 Å². The van der Waals surface area contributed by atoms with E-state index in [9.17, 15) is 13.6 Å². The molecule has 0 spiro atoms. The number of carbonyl (C=O) groups excluding carboxylic acids is 1. The Kier molecular flexibility index (Phi) is 7.84. The lowest BCUT2D eigenvalue weighted by molar-refractivity contribution is -0.124. The number of anilines is 1. The van der Waals surface area contributed by atoms with E-state index in [1.165, 1.54) is 0 Å². The predicted octanol–water partition coefficient (Wildman–Crippen LogP) is 2.32. The number of amides is 1. The largest absolute Gasteiger partial charge is 0.356 e. The minimum Gasteiger partial charge on any atom is -0.356 e. The van der Waals surface area contributed by atoms with Crippen molar-refractivity contribution in [3.8, 4) is 0 Å². The summed E-state index contributed by atoms with van der Waals surface area (Å²) >= 11 is 0. The molecule has 3 heterocycles. The molecule has 2 aliphatic heterocycles. The average molecular weight is 397 g/mol. The molecule has 0 aromatic carbocycles. The third kappa shape index (κ3) is 5.66. The van der Waals surface area contributed by atoms with Gasteiger partial charge in [-0.2, -0.15) is 0 Å². The van der Waals surface area contributed by atoms with Crippen LogP contribution in [0.5, 0.6) is 0 Å². The minimum atomic E-state index is -2.78. The predicted molar refractivity (Wildman–Crippen MR) is 98.2 cm³/mol. The maximum Gasteiger partial charge on any atom is 0.262 e. The van der Waals surface area contributed by atoms with E-state index in [1.807, 2.05) is 25.1 Å². The molecule has 25 heavy (non-hydrogen) atoms. The molecule has 3 rings (SSSR count). The Morgan fingerprint density at radius 1 is 1.32 bits per heavy atom. The second-order valence-electron chi connectivity index (χ2n) is 6.40. The van der Waals surface area contributed by atoms with Crippen LogP contribution in [0.2, 0.25) is 0 Å². The summed E-state index contributed by atoms with van der Waals surface area (Å²) in [4.78, 5) is 18.8. The summed E-state index contributed by atoms with van der Waals surface area (Å²) in [6.07, 6.45) is 1.18. The molecule has 2 N–H and O–H groups in total. The first-order chi connectivity index (χ1) is 10.9. The zero-order valence-corrected chi connectivity index (χ0v) is 15.6. The third-order valence-electron chi connectivity index (χ3n) is 4.47. The minimum absolute atomic E-state index is 0. The Hall–Kier alpha value is -1.18. The lowest BCUT2D eigenvalue weighted by Crippen LogP contribution is -2.49. The highest BCUT2D eigenvalue weighted by molar-refractivity contribution is 5.85. The van der Waals surface area contributed by atoms with E-state index in [-0.39, 0.29) is 36.8 Å². The van der Waals surface area contributed by atoms with Gasteiger partial charge >= 0.3 is 0 Å². The maximum absolute atomic E-state index is 13.1. The molecule has 0 aliphatic carbocycles. The van der Waals surface area contributed by atoms with Gasteiger partial charge in [-0.3, -0.25) is 10.1 Å². The molecule has 1 aromatic heterocycles. The highest BCUT2D eigenvalue weighted by Crippen LogP contribution is 2.25. The van der Waals surface area contributed by atoms with Gasteiger partial charge in [-0.1, -0.05) is 6.07 Å². The van der Waals surface area contributed by atoms with E-state index < -0.39 is 24.9 Å². The van der Waals surface area contributed by atoms with Crippen molar-refractivity contribution in [2.45, 2.75) is 44.2 Å². The van der Waals surface area contributed by atoms with Crippen LogP contribution in [0.25, 0.3) is 0 Å². The molecular formula is C16H24Cl2F2N4O. The number of nitrogens with one attached hydrogen (secondary N) is 2. The molecular weight excluding hydrogens is 373 g/mol. The quantitative estimate of drug-likeness (QED) is 0.822. The van der Waals surface area contributed by atoms with Crippen LogP contribution in [0.1, 0.15) is 25.0 Å². The number of alkyl halides is 2. The van der Waals surface area contributed by atoms with Crippen molar-refractivity contribution in [2.75, 3.05) is 24.5 Å². The number of nitrogens with zero attached hydrogens (tertiary/aromatic N) is 2.